The first-order valence-electron chi connectivity index (χ1n) is 15.3. The average molecular weight is 693 g/mol. The van der Waals surface area contributed by atoms with Crippen molar-refractivity contribution >= 4 is 37.6 Å². The maximum absolute atomic E-state index is 15.1. The fraction of sp³-hybridized carbons (Fsp3) is 0.455. The fourth-order valence-corrected chi connectivity index (χ4v) is 6.28. The predicted octanol–water partition coefficient (Wildman–Crippen LogP) is 7.41. The zero-order valence-electron chi connectivity index (χ0n) is 27.0. The summed E-state index contributed by atoms with van der Waals surface area (Å²) in [6.45, 7) is 11.0. The summed E-state index contributed by atoms with van der Waals surface area (Å²) < 4.78 is 55.8. The molecule has 4 rings (SSSR count). The second-order valence-corrected chi connectivity index (χ2v) is 18.4. The number of nitrogens with zero attached hydrogens (tertiary/aromatic N) is 3. The van der Waals surface area contributed by atoms with Gasteiger partial charge in [-0.3, -0.25) is 19.7 Å². The molecular weight excluding hydrogens is 653 g/mol. The van der Waals surface area contributed by atoms with E-state index in [2.05, 4.69) is 49.1 Å². The van der Waals surface area contributed by atoms with E-state index >= 15 is 4.39 Å². The number of hydrogen-bond acceptors (Lipinski definition) is 6. The normalized spacial score (nSPS) is 17.8. The van der Waals surface area contributed by atoms with Crippen LogP contribution in [0.1, 0.15) is 56.2 Å². The molecule has 254 valence electrons. The first kappa shape index (κ1) is 36.3. The largest absolute Gasteiger partial charge is 0.465 e. The van der Waals surface area contributed by atoms with Crippen LogP contribution in [0.2, 0.25) is 23.2 Å². The third-order valence-corrected chi connectivity index (χ3v) is 13.7. The van der Waals surface area contributed by atoms with E-state index in [1.165, 1.54) is 41.6 Å². The van der Waals surface area contributed by atoms with Gasteiger partial charge in [0.2, 0.25) is 5.91 Å². The molecule has 0 aliphatic carbocycles. The number of carbonyl (C=O) groups excluding carboxylic acids is 1. The third-order valence-electron chi connectivity index (χ3n) is 8.91. The lowest BCUT2D eigenvalue weighted by atomic mass is 9.89. The summed E-state index contributed by atoms with van der Waals surface area (Å²) in [7, 11) is -2.11. The first-order valence-corrected chi connectivity index (χ1v) is 18.6. The summed E-state index contributed by atoms with van der Waals surface area (Å²) in [6.07, 6.45) is 3.28. The van der Waals surface area contributed by atoms with Crippen molar-refractivity contribution in [1.29, 1.82) is 0 Å². The summed E-state index contributed by atoms with van der Waals surface area (Å²) >= 11 is 5.85. The summed E-state index contributed by atoms with van der Waals surface area (Å²) in [5.41, 5.74) is 1.01. The van der Waals surface area contributed by atoms with Crippen LogP contribution in [0.4, 0.5) is 23.7 Å². The standard InChI is InChI=1S/C33H40ClF3N4O5Si/c1-33(2,3)47(4,5)46-19-23-18-45-24(17-41(23)32(43)44)7-8-25-29(37)15-39-16-30(25)40-31(42)12-26(21-10-22(35)14-38-13-21)20-6-9-27(34)28(36)11-20/h6,9-11,13-16,23-24,26H,7-8,12,17-19H2,1-5H3,(H,40,42)(H,43,44)/t23?,24?,26-/m0/s1. The molecule has 0 spiro atoms. The van der Waals surface area contributed by atoms with Gasteiger partial charge >= 0.3 is 6.09 Å². The van der Waals surface area contributed by atoms with Gasteiger partial charge in [-0.1, -0.05) is 38.4 Å². The van der Waals surface area contributed by atoms with Crippen LogP contribution >= 0.6 is 11.6 Å². The molecule has 3 aromatic rings. The number of pyridine rings is 2. The lowest BCUT2D eigenvalue weighted by molar-refractivity contribution is -0.116. The number of hydrogen-bond donors (Lipinski definition) is 2. The van der Waals surface area contributed by atoms with Gasteiger partial charge in [0.25, 0.3) is 0 Å². The fourth-order valence-electron chi connectivity index (χ4n) is 5.12. The van der Waals surface area contributed by atoms with Crippen LogP contribution in [0.15, 0.2) is 49.1 Å². The van der Waals surface area contributed by atoms with Crippen LogP contribution in [-0.4, -0.2) is 72.2 Å². The summed E-state index contributed by atoms with van der Waals surface area (Å²) in [5.74, 6) is -3.32. The van der Waals surface area contributed by atoms with E-state index in [0.29, 0.717) is 11.1 Å². The van der Waals surface area contributed by atoms with Gasteiger partial charge in [0.15, 0.2) is 8.32 Å². The predicted molar refractivity (Wildman–Crippen MR) is 175 cm³/mol. The molecule has 2 amide bonds. The molecule has 3 heterocycles. The highest BCUT2D eigenvalue weighted by molar-refractivity contribution is 6.74. The Balaban J connectivity index is 1.44. The van der Waals surface area contributed by atoms with Gasteiger partial charge in [0, 0.05) is 24.1 Å². The smallest absolute Gasteiger partial charge is 0.407 e. The van der Waals surface area contributed by atoms with Crippen molar-refractivity contribution in [2.24, 2.45) is 0 Å². The molecule has 1 aromatic carbocycles. The van der Waals surface area contributed by atoms with Crippen LogP contribution in [0, 0.1) is 17.5 Å². The van der Waals surface area contributed by atoms with Crippen molar-refractivity contribution in [2.45, 2.75) is 76.2 Å². The van der Waals surface area contributed by atoms with E-state index < -0.39 is 55.8 Å². The van der Waals surface area contributed by atoms with Gasteiger partial charge in [-0.25, -0.2) is 18.0 Å². The molecule has 1 fully saturated rings. The molecule has 2 unspecified atom stereocenters. The minimum Gasteiger partial charge on any atom is -0.465 e. The number of halogens is 4. The van der Waals surface area contributed by atoms with Crippen LogP contribution in [-0.2, 0) is 20.4 Å². The van der Waals surface area contributed by atoms with E-state index in [4.69, 9.17) is 20.8 Å². The van der Waals surface area contributed by atoms with E-state index in [9.17, 15) is 23.5 Å². The number of nitrogens with one attached hydrogen (secondary N) is 1. The molecule has 1 aliphatic heterocycles. The Morgan fingerprint density at radius 1 is 1.11 bits per heavy atom. The molecule has 0 saturated carbocycles. The van der Waals surface area contributed by atoms with Gasteiger partial charge < -0.3 is 19.6 Å². The number of benzene rings is 1. The van der Waals surface area contributed by atoms with Crippen LogP contribution in [0.3, 0.4) is 0 Å². The van der Waals surface area contributed by atoms with E-state index in [1.807, 2.05) is 0 Å². The minimum absolute atomic E-state index is 0.0355. The molecular formula is C33H40ClF3N4O5Si. The number of morpholine rings is 1. The molecule has 1 saturated heterocycles. The Morgan fingerprint density at radius 2 is 1.83 bits per heavy atom. The van der Waals surface area contributed by atoms with Crippen LogP contribution in [0.25, 0.3) is 0 Å². The van der Waals surface area contributed by atoms with Gasteiger partial charge in [-0.2, -0.15) is 0 Å². The summed E-state index contributed by atoms with van der Waals surface area (Å²) in [4.78, 5) is 34.5. The van der Waals surface area contributed by atoms with E-state index in [-0.39, 0.29) is 60.3 Å². The summed E-state index contributed by atoms with van der Waals surface area (Å²) in [6, 6.07) is 4.80. The highest BCUT2D eigenvalue weighted by Gasteiger charge is 2.40. The molecule has 0 radical (unpaired) electrons. The third kappa shape index (κ3) is 9.31. The maximum Gasteiger partial charge on any atom is 0.407 e. The Morgan fingerprint density at radius 3 is 2.49 bits per heavy atom. The molecule has 2 N–H and O–H groups in total. The SMILES string of the molecule is CC(C)(C)[Si](C)(C)OCC1COC(CCc2c(F)cncc2NC(=O)C[C@H](c2cncc(F)c2)c2ccc(Cl)c(F)c2)CN1C(=O)O. The Hall–Kier alpha value is -3.52. The van der Waals surface area contributed by atoms with Crippen molar-refractivity contribution in [1.82, 2.24) is 14.9 Å². The second-order valence-electron chi connectivity index (χ2n) is 13.2. The number of rotatable bonds is 11. The number of carbonyl (C=O) groups is 2. The second kappa shape index (κ2) is 15.1. The van der Waals surface area contributed by atoms with Crippen molar-refractivity contribution in [3.05, 3.63) is 88.2 Å². The molecule has 2 aromatic heterocycles. The number of carboxylic acid groups (broad SMARTS) is 1. The van der Waals surface area contributed by atoms with Gasteiger partial charge in [-0.15, -0.1) is 0 Å². The Kier molecular flexibility index (Phi) is 11.7. The number of amides is 2. The molecule has 1 aliphatic rings. The number of ether oxygens (including phenoxy) is 1. The average Bonchev–Trinajstić information content (AvgIpc) is 2.99. The number of anilines is 1. The summed E-state index contributed by atoms with van der Waals surface area (Å²) in [5, 5.41) is 12.5. The quantitative estimate of drug-likeness (QED) is 0.201. The molecule has 47 heavy (non-hydrogen) atoms. The van der Waals surface area contributed by atoms with Gasteiger partial charge in [0.05, 0.1) is 61.2 Å². The van der Waals surface area contributed by atoms with Crippen molar-refractivity contribution in [3.8, 4) is 0 Å². The topological polar surface area (TPSA) is 114 Å². The monoisotopic (exact) mass is 692 g/mol. The van der Waals surface area contributed by atoms with Crippen molar-refractivity contribution < 1.29 is 37.0 Å². The van der Waals surface area contributed by atoms with E-state index in [1.54, 1.807) is 0 Å². The molecule has 3 atom stereocenters. The lowest BCUT2D eigenvalue weighted by Gasteiger charge is -2.41. The minimum atomic E-state index is -2.11. The zero-order valence-corrected chi connectivity index (χ0v) is 28.8. The highest BCUT2D eigenvalue weighted by atomic mass is 35.5. The highest BCUT2D eigenvalue weighted by Crippen LogP contribution is 2.37. The molecule has 9 nitrogen and oxygen atoms in total. The maximum atomic E-state index is 15.1. The Labute approximate surface area is 278 Å². The Bertz CT molecular complexity index is 1590. The number of aromatic nitrogens is 2. The van der Waals surface area contributed by atoms with Crippen molar-refractivity contribution in [3.63, 3.8) is 0 Å². The van der Waals surface area contributed by atoms with Crippen LogP contribution < -0.4 is 5.32 Å². The van der Waals surface area contributed by atoms with E-state index in [0.717, 1.165) is 12.4 Å². The molecule has 0 bridgehead atoms. The molecule has 14 heteroatoms. The van der Waals surface area contributed by atoms with Gasteiger partial charge in [-0.05, 0) is 60.3 Å². The first-order chi connectivity index (χ1) is 22.1. The van der Waals surface area contributed by atoms with Crippen molar-refractivity contribution in [2.75, 3.05) is 25.1 Å². The van der Waals surface area contributed by atoms with Crippen LogP contribution in [0.5, 0.6) is 0 Å². The zero-order chi connectivity index (χ0) is 34.5. The van der Waals surface area contributed by atoms with Gasteiger partial charge in [0.1, 0.15) is 17.5 Å². The lowest BCUT2D eigenvalue weighted by Crippen LogP contribution is -2.55.